The normalized spacial score (nSPS) is 20.2. The molecule has 2 N–H and O–H groups in total. The number of hydrogen-bond acceptors (Lipinski definition) is 3. The summed E-state index contributed by atoms with van der Waals surface area (Å²) in [6.45, 7) is 2.82. The SMILES string of the molecule is CN1CCNCC1c1ncc(-c2cc(Br)ccc2F)[nH]1. The first-order chi connectivity index (χ1) is 9.65. The maximum Gasteiger partial charge on any atom is 0.132 e. The van der Waals surface area contributed by atoms with Crippen LogP contribution in [0.1, 0.15) is 11.9 Å². The van der Waals surface area contributed by atoms with Gasteiger partial charge in [0.15, 0.2) is 0 Å². The highest BCUT2D eigenvalue weighted by Gasteiger charge is 2.23. The first kappa shape index (κ1) is 13.7. The quantitative estimate of drug-likeness (QED) is 0.884. The molecule has 1 fully saturated rings. The number of benzene rings is 1. The number of imidazole rings is 1. The van der Waals surface area contributed by atoms with Gasteiger partial charge in [-0.25, -0.2) is 9.37 Å². The van der Waals surface area contributed by atoms with Gasteiger partial charge in [0.1, 0.15) is 11.6 Å². The lowest BCUT2D eigenvalue weighted by Gasteiger charge is -2.31. The molecular formula is C14H16BrFN4. The second-order valence-electron chi connectivity index (χ2n) is 5.01. The number of rotatable bonds is 2. The van der Waals surface area contributed by atoms with E-state index >= 15 is 0 Å². The van der Waals surface area contributed by atoms with E-state index in [0.29, 0.717) is 11.3 Å². The number of hydrogen-bond donors (Lipinski definition) is 2. The Balaban J connectivity index is 1.91. The van der Waals surface area contributed by atoms with Gasteiger partial charge in [-0.2, -0.15) is 0 Å². The van der Waals surface area contributed by atoms with Crippen molar-refractivity contribution in [1.29, 1.82) is 0 Å². The Hall–Kier alpha value is -1.24. The van der Waals surface area contributed by atoms with Crippen molar-refractivity contribution in [2.45, 2.75) is 6.04 Å². The largest absolute Gasteiger partial charge is 0.341 e. The van der Waals surface area contributed by atoms with Crippen molar-refractivity contribution in [2.75, 3.05) is 26.7 Å². The molecule has 20 heavy (non-hydrogen) atoms. The fourth-order valence-corrected chi connectivity index (χ4v) is 2.82. The van der Waals surface area contributed by atoms with Crippen LogP contribution in [0.5, 0.6) is 0 Å². The van der Waals surface area contributed by atoms with Crippen LogP contribution in [0.4, 0.5) is 4.39 Å². The Bertz CT molecular complexity index is 613. The molecule has 106 valence electrons. The zero-order valence-corrected chi connectivity index (χ0v) is 12.7. The topological polar surface area (TPSA) is 44.0 Å². The van der Waals surface area contributed by atoms with Gasteiger partial charge in [-0.1, -0.05) is 15.9 Å². The second kappa shape index (κ2) is 5.63. The summed E-state index contributed by atoms with van der Waals surface area (Å²) in [4.78, 5) is 9.91. The van der Waals surface area contributed by atoms with Gasteiger partial charge < -0.3 is 10.3 Å². The molecule has 1 unspecified atom stereocenters. The zero-order valence-electron chi connectivity index (χ0n) is 11.2. The second-order valence-corrected chi connectivity index (χ2v) is 5.92. The van der Waals surface area contributed by atoms with E-state index in [9.17, 15) is 4.39 Å². The van der Waals surface area contributed by atoms with Crippen LogP contribution in [0.25, 0.3) is 11.3 Å². The number of aromatic amines is 1. The number of aromatic nitrogens is 2. The summed E-state index contributed by atoms with van der Waals surface area (Å²) in [6.07, 6.45) is 1.70. The van der Waals surface area contributed by atoms with E-state index in [2.05, 4.69) is 43.2 Å². The van der Waals surface area contributed by atoms with Gasteiger partial charge in [-0.3, -0.25) is 4.90 Å². The van der Waals surface area contributed by atoms with Crippen molar-refractivity contribution in [3.8, 4) is 11.3 Å². The van der Waals surface area contributed by atoms with Crippen LogP contribution in [-0.4, -0.2) is 41.5 Å². The van der Waals surface area contributed by atoms with Crippen molar-refractivity contribution >= 4 is 15.9 Å². The van der Waals surface area contributed by atoms with Crippen LogP contribution in [-0.2, 0) is 0 Å². The van der Waals surface area contributed by atoms with Crippen LogP contribution in [0.3, 0.4) is 0 Å². The van der Waals surface area contributed by atoms with E-state index in [1.54, 1.807) is 18.3 Å². The molecule has 2 aromatic rings. The van der Waals surface area contributed by atoms with Gasteiger partial charge >= 0.3 is 0 Å². The van der Waals surface area contributed by atoms with Crippen LogP contribution in [0, 0.1) is 5.82 Å². The fraction of sp³-hybridized carbons (Fsp3) is 0.357. The predicted molar refractivity (Wildman–Crippen MR) is 79.9 cm³/mol. The molecule has 0 aliphatic carbocycles. The molecule has 0 spiro atoms. The third-order valence-corrected chi connectivity index (χ3v) is 4.13. The molecule has 4 nitrogen and oxygen atoms in total. The van der Waals surface area contributed by atoms with Crippen molar-refractivity contribution in [2.24, 2.45) is 0 Å². The monoisotopic (exact) mass is 338 g/mol. The summed E-state index contributed by atoms with van der Waals surface area (Å²) in [6, 6.07) is 5.10. The highest BCUT2D eigenvalue weighted by molar-refractivity contribution is 9.10. The predicted octanol–water partition coefficient (Wildman–Crippen LogP) is 2.55. The van der Waals surface area contributed by atoms with Gasteiger partial charge in [0, 0.05) is 29.7 Å². The van der Waals surface area contributed by atoms with Gasteiger partial charge in [0.05, 0.1) is 17.9 Å². The van der Waals surface area contributed by atoms with Crippen LogP contribution < -0.4 is 5.32 Å². The third-order valence-electron chi connectivity index (χ3n) is 3.64. The summed E-state index contributed by atoms with van der Waals surface area (Å²) in [7, 11) is 2.08. The Kier molecular flexibility index (Phi) is 3.87. The molecule has 0 bridgehead atoms. The molecule has 3 rings (SSSR count). The number of H-pyrrole nitrogens is 1. The molecular weight excluding hydrogens is 323 g/mol. The Morgan fingerprint density at radius 3 is 3.10 bits per heavy atom. The molecule has 1 saturated heterocycles. The number of halogens is 2. The number of nitrogens with zero attached hydrogens (tertiary/aromatic N) is 2. The van der Waals surface area contributed by atoms with Crippen LogP contribution in [0.15, 0.2) is 28.9 Å². The molecule has 1 aromatic carbocycles. The average molecular weight is 339 g/mol. The number of likely N-dealkylation sites (N-methyl/N-ethyl adjacent to an activating group) is 1. The summed E-state index contributed by atoms with van der Waals surface area (Å²) in [5.41, 5.74) is 1.24. The van der Waals surface area contributed by atoms with Crippen LogP contribution >= 0.6 is 15.9 Å². The molecule has 0 radical (unpaired) electrons. The van der Waals surface area contributed by atoms with Gasteiger partial charge in [0.25, 0.3) is 0 Å². The highest BCUT2D eigenvalue weighted by Crippen LogP contribution is 2.27. The lowest BCUT2D eigenvalue weighted by Crippen LogP contribution is -2.44. The molecule has 0 saturated carbocycles. The Morgan fingerprint density at radius 2 is 2.30 bits per heavy atom. The molecule has 1 aliphatic heterocycles. The summed E-state index contributed by atoms with van der Waals surface area (Å²) in [5, 5.41) is 3.35. The molecule has 2 heterocycles. The number of piperazine rings is 1. The van der Waals surface area contributed by atoms with Crippen molar-refractivity contribution in [3.05, 3.63) is 40.5 Å². The minimum atomic E-state index is -0.251. The molecule has 1 aromatic heterocycles. The van der Waals surface area contributed by atoms with E-state index in [1.807, 2.05) is 0 Å². The van der Waals surface area contributed by atoms with Crippen molar-refractivity contribution < 1.29 is 4.39 Å². The van der Waals surface area contributed by atoms with Gasteiger partial charge in [0.2, 0.25) is 0 Å². The third kappa shape index (κ3) is 2.63. The maximum absolute atomic E-state index is 13.9. The molecule has 1 aliphatic rings. The summed E-state index contributed by atoms with van der Waals surface area (Å²) < 4.78 is 14.7. The first-order valence-electron chi connectivity index (χ1n) is 6.56. The summed E-state index contributed by atoms with van der Waals surface area (Å²) >= 11 is 3.37. The van der Waals surface area contributed by atoms with Crippen LogP contribution in [0.2, 0.25) is 0 Å². The van der Waals surface area contributed by atoms with E-state index in [1.165, 1.54) is 6.07 Å². The molecule has 0 amide bonds. The lowest BCUT2D eigenvalue weighted by atomic mass is 10.1. The first-order valence-corrected chi connectivity index (χ1v) is 7.36. The maximum atomic E-state index is 13.9. The smallest absolute Gasteiger partial charge is 0.132 e. The van der Waals surface area contributed by atoms with E-state index in [0.717, 1.165) is 29.9 Å². The number of nitrogens with one attached hydrogen (secondary N) is 2. The van der Waals surface area contributed by atoms with Gasteiger partial charge in [-0.15, -0.1) is 0 Å². The summed E-state index contributed by atoms with van der Waals surface area (Å²) in [5.74, 6) is 0.618. The van der Waals surface area contributed by atoms with E-state index < -0.39 is 0 Å². The Labute approximate surface area is 125 Å². The van der Waals surface area contributed by atoms with Gasteiger partial charge in [-0.05, 0) is 25.2 Å². The van der Waals surface area contributed by atoms with Crippen molar-refractivity contribution in [1.82, 2.24) is 20.2 Å². The fourth-order valence-electron chi connectivity index (χ4n) is 2.46. The average Bonchev–Trinajstić information content (AvgIpc) is 2.91. The molecule has 6 heteroatoms. The lowest BCUT2D eigenvalue weighted by molar-refractivity contribution is 0.195. The van der Waals surface area contributed by atoms with E-state index in [-0.39, 0.29) is 11.9 Å². The highest BCUT2D eigenvalue weighted by atomic mass is 79.9. The minimum absolute atomic E-state index is 0.202. The standard InChI is InChI=1S/C14H16BrFN4/c1-20-5-4-17-8-13(20)14-18-7-12(19-14)10-6-9(15)2-3-11(10)16/h2-3,6-7,13,17H,4-5,8H2,1H3,(H,18,19). The minimum Gasteiger partial charge on any atom is -0.341 e. The Morgan fingerprint density at radius 1 is 1.45 bits per heavy atom. The van der Waals surface area contributed by atoms with Crippen molar-refractivity contribution in [3.63, 3.8) is 0 Å². The zero-order chi connectivity index (χ0) is 14.1. The van der Waals surface area contributed by atoms with E-state index in [4.69, 9.17) is 0 Å². The molecule has 1 atom stereocenters.